The van der Waals surface area contributed by atoms with E-state index < -0.39 is 9.84 Å². The first-order valence-corrected chi connectivity index (χ1v) is 14.5. The predicted octanol–water partition coefficient (Wildman–Crippen LogP) is 4.14. The molecule has 1 saturated heterocycles. The van der Waals surface area contributed by atoms with E-state index in [0.717, 1.165) is 66.2 Å². The highest BCUT2D eigenvalue weighted by Gasteiger charge is 2.24. The Morgan fingerprint density at radius 2 is 1.80 bits per heavy atom. The lowest BCUT2D eigenvalue weighted by Crippen LogP contribution is -2.39. The Morgan fingerprint density at radius 1 is 1.09 bits per heavy atom. The number of hydrogen-bond donors (Lipinski definition) is 0. The number of anilines is 1. The van der Waals surface area contributed by atoms with Crippen molar-refractivity contribution in [2.45, 2.75) is 38.5 Å². The number of nitrogens with zero attached hydrogens (tertiary/aromatic N) is 3. The number of fused-ring (bicyclic) bond motifs is 1. The number of morpholine rings is 1. The van der Waals surface area contributed by atoms with Gasteiger partial charge in [0, 0.05) is 32.6 Å². The molecule has 0 unspecified atom stereocenters. The van der Waals surface area contributed by atoms with Gasteiger partial charge in [-0.25, -0.2) is 13.4 Å². The molecule has 0 bridgehead atoms. The maximum Gasteiger partial charge on any atom is 0.229 e. The summed E-state index contributed by atoms with van der Waals surface area (Å²) in [6.45, 7) is 10.6. The molecule has 188 valence electrons. The molecule has 2 heterocycles. The molecular formula is C26H33N3O4S2. The third kappa shape index (κ3) is 6.27. The molecule has 7 nitrogen and oxygen atoms in total. The van der Waals surface area contributed by atoms with Gasteiger partial charge < -0.3 is 4.74 Å². The van der Waals surface area contributed by atoms with E-state index in [1.165, 1.54) is 11.3 Å². The molecule has 0 aliphatic carbocycles. The van der Waals surface area contributed by atoms with E-state index >= 15 is 0 Å². The average molecular weight is 516 g/mol. The van der Waals surface area contributed by atoms with Crippen LogP contribution < -0.4 is 4.90 Å². The Hall–Kier alpha value is -2.33. The first-order valence-electron chi connectivity index (χ1n) is 12.0. The lowest BCUT2D eigenvalue weighted by molar-refractivity contribution is -0.118. The molecule has 9 heteroatoms. The summed E-state index contributed by atoms with van der Waals surface area (Å²) in [5.41, 5.74) is 4.16. The zero-order valence-corrected chi connectivity index (χ0v) is 22.3. The number of carbonyl (C=O) groups is 1. The number of hydrogen-bond acceptors (Lipinski definition) is 7. The molecule has 1 aliphatic rings. The normalized spacial score (nSPS) is 14.9. The van der Waals surface area contributed by atoms with Crippen LogP contribution >= 0.6 is 11.3 Å². The predicted molar refractivity (Wildman–Crippen MR) is 141 cm³/mol. The Morgan fingerprint density at radius 3 is 2.51 bits per heavy atom. The SMILES string of the molecule is Cc1ccc(S(=O)(=O)CCC(=O)N(CCCN2CCOCC2)c2nc3c(C)c(C)ccc3s2)cc1. The largest absolute Gasteiger partial charge is 0.379 e. The summed E-state index contributed by atoms with van der Waals surface area (Å²) in [5.74, 6) is -0.436. The van der Waals surface area contributed by atoms with Crippen molar-refractivity contribution in [2.24, 2.45) is 0 Å². The fraction of sp³-hybridized carbons (Fsp3) is 0.462. The summed E-state index contributed by atoms with van der Waals surface area (Å²) in [6.07, 6.45) is 0.700. The molecule has 35 heavy (non-hydrogen) atoms. The summed E-state index contributed by atoms with van der Waals surface area (Å²) in [5, 5.41) is 0.633. The first kappa shape index (κ1) is 25.8. The second-order valence-corrected chi connectivity index (χ2v) is 12.2. The molecule has 0 N–H and O–H groups in total. The van der Waals surface area contributed by atoms with Crippen molar-refractivity contribution in [1.82, 2.24) is 9.88 Å². The third-order valence-corrected chi connectivity index (χ3v) is 9.31. The number of carbonyl (C=O) groups excluding carboxylic acids is 1. The van der Waals surface area contributed by atoms with E-state index in [1.54, 1.807) is 29.2 Å². The minimum atomic E-state index is -3.55. The zero-order chi connectivity index (χ0) is 25.0. The summed E-state index contributed by atoms with van der Waals surface area (Å²) < 4.78 is 32.2. The molecule has 0 saturated carbocycles. The molecule has 0 spiro atoms. The van der Waals surface area contributed by atoms with Crippen molar-refractivity contribution in [3.8, 4) is 0 Å². The fourth-order valence-corrected chi connectivity index (χ4v) is 6.45. The summed E-state index contributed by atoms with van der Waals surface area (Å²) in [7, 11) is -3.55. The van der Waals surface area contributed by atoms with E-state index in [-0.39, 0.29) is 23.0 Å². The molecule has 3 aromatic rings. The Bertz CT molecular complexity index is 1280. The van der Waals surface area contributed by atoms with Gasteiger partial charge in [-0.3, -0.25) is 14.6 Å². The topological polar surface area (TPSA) is 79.8 Å². The van der Waals surface area contributed by atoms with Crippen LogP contribution in [0.2, 0.25) is 0 Å². The van der Waals surface area contributed by atoms with Gasteiger partial charge >= 0.3 is 0 Å². The van der Waals surface area contributed by atoms with Crippen LogP contribution in [-0.2, 0) is 19.4 Å². The van der Waals surface area contributed by atoms with Crippen LogP contribution in [0.5, 0.6) is 0 Å². The number of aryl methyl sites for hydroxylation is 3. The second-order valence-electron chi connectivity index (χ2n) is 9.09. The molecule has 1 aromatic heterocycles. The fourth-order valence-electron chi connectivity index (χ4n) is 4.15. The van der Waals surface area contributed by atoms with Gasteiger partial charge in [0.05, 0.1) is 34.1 Å². The van der Waals surface area contributed by atoms with Crippen molar-refractivity contribution in [2.75, 3.05) is 50.0 Å². The molecule has 2 aromatic carbocycles. The van der Waals surface area contributed by atoms with Crippen LogP contribution in [0.25, 0.3) is 10.2 Å². The average Bonchev–Trinajstić information content (AvgIpc) is 3.28. The minimum Gasteiger partial charge on any atom is -0.379 e. The van der Waals surface area contributed by atoms with Crippen LogP contribution in [0.4, 0.5) is 5.13 Å². The Labute approximate surface area is 211 Å². The van der Waals surface area contributed by atoms with E-state index in [2.05, 4.69) is 17.9 Å². The highest BCUT2D eigenvalue weighted by atomic mass is 32.2. The maximum atomic E-state index is 13.4. The van der Waals surface area contributed by atoms with Crippen molar-refractivity contribution < 1.29 is 17.9 Å². The van der Waals surface area contributed by atoms with Gasteiger partial charge in [-0.1, -0.05) is 35.1 Å². The zero-order valence-electron chi connectivity index (χ0n) is 20.6. The highest BCUT2D eigenvalue weighted by molar-refractivity contribution is 7.91. The van der Waals surface area contributed by atoms with Gasteiger partial charge in [-0.2, -0.15) is 0 Å². The quantitative estimate of drug-likeness (QED) is 0.426. The second kappa shape index (κ2) is 11.2. The van der Waals surface area contributed by atoms with Crippen molar-refractivity contribution in [3.05, 3.63) is 53.1 Å². The Kier molecular flexibility index (Phi) is 8.21. The van der Waals surface area contributed by atoms with Gasteiger partial charge in [-0.05, 0) is 56.5 Å². The Balaban J connectivity index is 1.51. The van der Waals surface area contributed by atoms with E-state index in [4.69, 9.17) is 9.72 Å². The molecule has 1 aliphatic heterocycles. The molecule has 0 atom stereocenters. The summed E-state index contributed by atoms with van der Waals surface area (Å²) in [6, 6.07) is 10.9. The van der Waals surface area contributed by atoms with Crippen LogP contribution in [0.1, 0.15) is 29.5 Å². The number of thiazole rings is 1. The van der Waals surface area contributed by atoms with E-state index in [0.29, 0.717) is 11.7 Å². The summed E-state index contributed by atoms with van der Waals surface area (Å²) in [4.78, 5) is 22.5. The van der Waals surface area contributed by atoms with Gasteiger partial charge in [0.2, 0.25) is 5.91 Å². The lowest BCUT2D eigenvalue weighted by atomic mass is 10.1. The van der Waals surface area contributed by atoms with Crippen molar-refractivity contribution >= 4 is 42.4 Å². The molecule has 4 rings (SSSR count). The van der Waals surface area contributed by atoms with Gasteiger partial charge in [0.15, 0.2) is 15.0 Å². The van der Waals surface area contributed by atoms with Crippen LogP contribution in [0.3, 0.4) is 0 Å². The van der Waals surface area contributed by atoms with Gasteiger partial charge in [-0.15, -0.1) is 0 Å². The minimum absolute atomic E-state index is 0.0816. The number of benzene rings is 2. The molecule has 1 amide bonds. The highest BCUT2D eigenvalue weighted by Crippen LogP contribution is 2.32. The van der Waals surface area contributed by atoms with Crippen LogP contribution in [0, 0.1) is 20.8 Å². The van der Waals surface area contributed by atoms with Crippen molar-refractivity contribution in [3.63, 3.8) is 0 Å². The maximum absolute atomic E-state index is 13.4. The number of ether oxygens (including phenoxy) is 1. The first-order chi connectivity index (χ1) is 16.7. The molecule has 0 radical (unpaired) electrons. The lowest BCUT2D eigenvalue weighted by Gasteiger charge is -2.27. The number of rotatable bonds is 9. The van der Waals surface area contributed by atoms with E-state index in [1.807, 2.05) is 19.9 Å². The number of aromatic nitrogens is 1. The van der Waals surface area contributed by atoms with Gasteiger partial charge in [0.25, 0.3) is 0 Å². The summed E-state index contributed by atoms with van der Waals surface area (Å²) >= 11 is 1.48. The van der Waals surface area contributed by atoms with Crippen molar-refractivity contribution in [1.29, 1.82) is 0 Å². The van der Waals surface area contributed by atoms with Crippen LogP contribution in [0.15, 0.2) is 41.3 Å². The number of amides is 1. The van der Waals surface area contributed by atoms with Gasteiger partial charge in [0.1, 0.15) is 0 Å². The third-order valence-electron chi connectivity index (χ3n) is 6.53. The smallest absolute Gasteiger partial charge is 0.229 e. The standard InChI is InChI=1S/C26H33N3O4S2/c1-19-5-8-22(9-6-19)35(31,32)18-11-24(30)29(13-4-12-28-14-16-33-17-15-28)26-27-25-21(3)20(2)7-10-23(25)34-26/h5-10H,4,11-18H2,1-3H3. The van der Waals surface area contributed by atoms with Crippen LogP contribution in [-0.4, -0.2) is 69.4 Å². The number of sulfone groups is 1. The van der Waals surface area contributed by atoms with E-state index in [9.17, 15) is 13.2 Å². The monoisotopic (exact) mass is 515 g/mol. The molecule has 1 fully saturated rings. The molecular weight excluding hydrogens is 482 g/mol.